The molecule has 1 aliphatic carbocycles. The van der Waals surface area contributed by atoms with Crippen molar-refractivity contribution in [2.45, 2.75) is 32.5 Å². The van der Waals surface area contributed by atoms with Gasteiger partial charge >= 0.3 is 0 Å². The van der Waals surface area contributed by atoms with Crippen LogP contribution < -0.4 is 0 Å². The highest BCUT2D eigenvalue weighted by atomic mass is 79.9. The molecule has 1 nitrogen and oxygen atoms in total. The highest BCUT2D eigenvalue weighted by molar-refractivity contribution is 9.09. The summed E-state index contributed by atoms with van der Waals surface area (Å²) in [7, 11) is 0. The number of Topliss-reactive ketones (excluding diaryl/α,β-unsaturated/α-hetero) is 1. The van der Waals surface area contributed by atoms with Crippen molar-refractivity contribution in [3.63, 3.8) is 0 Å². The maximum absolute atomic E-state index is 11.4. The Balaban J connectivity index is 2.89. The Hall–Kier alpha value is 0.150. The Morgan fingerprint density at radius 1 is 1.20 bits per heavy atom. The molecule has 58 valence electrons. The molecule has 0 amide bonds. The molecule has 2 heteroatoms. The van der Waals surface area contributed by atoms with Gasteiger partial charge in [0, 0.05) is 15.7 Å². The van der Waals surface area contributed by atoms with Crippen molar-refractivity contribution < 1.29 is 4.79 Å². The number of halogens is 1. The third kappa shape index (κ3) is 0.714. The number of alkyl halides is 1. The van der Waals surface area contributed by atoms with E-state index in [4.69, 9.17) is 0 Å². The zero-order valence-electron chi connectivity index (χ0n) is 6.86. The lowest BCUT2D eigenvalue weighted by Crippen LogP contribution is -2.61. The normalized spacial score (nSPS) is 29.9. The van der Waals surface area contributed by atoms with Crippen LogP contribution in [0.3, 0.4) is 0 Å². The zero-order valence-corrected chi connectivity index (χ0v) is 8.45. The minimum Gasteiger partial charge on any atom is -0.298 e. The van der Waals surface area contributed by atoms with Crippen molar-refractivity contribution in [1.29, 1.82) is 0 Å². The van der Waals surface area contributed by atoms with E-state index in [1.165, 1.54) is 0 Å². The largest absolute Gasteiger partial charge is 0.298 e. The SMILES string of the molecule is CC1(C)C(=O)C(C)(C)C1Br. The van der Waals surface area contributed by atoms with Gasteiger partial charge in [-0.15, -0.1) is 0 Å². The standard InChI is InChI=1S/C8H13BrO/c1-7(2)5(9)8(3,4)6(7)10/h5H,1-4H3. The molecule has 0 aromatic heterocycles. The summed E-state index contributed by atoms with van der Waals surface area (Å²) in [5, 5.41) is 0. The van der Waals surface area contributed by atoms with E-state index in [0.29, 0.717) is 10.6 Å². The summed E-state index contributed by atoms with van der Waals surface area (Å²) < 4.78 is 0. The van der Waals surface area contributed by atoms with E-state index < -0.39 is 0 Å². The van der Waals surface area contributed by atoms with Crippen molar-refractivity contribution in [2.24, 2.45) is 10.8 Å². The van der Waals surface area contributed by atoms with Crippen LogP contribution in [0, 0.1) is 10.8 Å². The molecular formula is C8H13BrO. The molecule has 0 atom stereocenters. The van der Waals surface area contributed by atoms with Crippen molar-refractivity contribution in [3.05, 3.63) is 0 Å². The second kappa shape index (κ2) is 1.84. The van der Waals surface area contributed by atoms with Crippen molar-refractivity contribution >= 4 is 21.7 Å². The van der Waals surface area contributed by atoms with Gasteiger partial charge in [-0.2, -0.15) is 0 Å². The molecule has 0 spiro atoms. The Morgan fingerprint density at radius 3 is 1.60 bits per heavy atom. The van der Waals surface area contributed by atoms with E-state index in [1.807, 2.05) is 27.7 Å². The van der Waals surface area contributed by atoms with E-state index >= 15 is 0 Å². The van der Waals surface area contributed by atoms with Gasteiger partial charge in [0.25, 0.3) is 0 Å². The van der Waals surface area contributed by atoms with Gasteiger partial charge in [0.1, 0.15) is 5.78 Å². The van der Waals surface area contributed by atoms with E-state index in [-0.39, 0.29) is 10.8 Å². The second-order valence-electron chi connectivity index (χ2n) is 4.14. The molecule has 0 saturated heterocycles. The summed E-state index contributed by atoms with van der Waals surface area (Å²) in [6, 6.07) is 0. The molecule has 0 heterocycles. The van der Waals surface area contributed by atoms with E-state index in [1.54, 1.807) is 0 Å². The summed E-state index contributed by atoms with van der Waals surface area (Å²) in [5.74, 6) is 0.363. The van der Waals surface area contributed by atoms with E-state index in [0.717, 1.165) is 0 Å². The Morgan fingerprint density at radius 2 is 1.50 bits per heavy atom. The first-order valence-corrected chi connectivity index (χ1v) is 4.42. The van der Waals surface area contributed by atoms with Gasteiger partial charge in [0.05, 0.1) is 0 Å². The number of hydrogen-bond acceptors (Lipinski definition) is 1. The highest BCUT2D eigenvalue weighted by Gasteiger charge is 2.60. The summed E-state index contributed by atoms with van der Waals surface area (Å²) >= 11 is 3.52. The van der Waals surface area contributed by atoms with Crippen LogP contribution >= 0.6 is 15.9 Å². The molecule has 10 heavy (non-hydrogen) atoms. The number of hydrogen-bond donors (Lipinski definition) is 0. The fourth-order valence-corrected chi connectivity index (χ4v) is 2.30. The molecule has 1 aliphatic rings. The number of carbonyl (C=O) groups excluding carboxylic acids is 1. The molecule has 0 radical (unpaired) electrons. The predicted octanol–water partition coefficient (Wildman–Crippen LogP) is 2.39. The fourth-order valence-electron chi connectivity index (χ4n) is 1.88. The van der Waals surface area contributed by atoms with Gasteiger partial charge in [0.15, 0.2) is 0 Å². The van der Waals surface area contributed by atoms with Crippen molar-refractivity contribution in [3.8, 4) is 0 Å². The number of ketones is 1. The van der Waals surface area contributed by atoms with Gasteiger partial charge in [-0.05, 0) is 0 Å². The highest BCUT2D eigenvalue weighted by Crippen LogP contribution is 2.54. The van der Waals surface area contributed by atoms with Crippen LogP contribution in [-0.4, -0.2) is 10.6 Å². The van der Waals surface area contributed by atoms with Crippen molar-refractivity contribution in [2.75, 3.05) is 0 Å². The van der Waals surface area contributed by atoms with Crippen LogP contribution in [-0.2, 0) is 4.79 Å². The summed E-state index contributed by atoms with van der Waals surface area (Å²) in [4.78, 5) is 11.7. The van der Waals surface area contributed by atoms with Gasteiger partial charge in [-0.25, -0.2) is 0 Å². The Kier molecular flexibility index (Phi) is 1.52. The molecule has 0 aromatic carbocycles. The first-order valence-electron chi connectivity index (χ1n) is 3.50. The number of rotatable bonds is 0. The van der Waals surface area contributed by atoms with Crippen LogP contribution in [0.15, 0.2) is 0 Å². The Labute approximate surface area is 70.3 Å². The second-order valence-corrected chi connectivity index (χ2v) is 5.05. The van der Waals surface area contributed by atoms with Crippen LogP contribution in [0.1, 0.15) is 27.7 Å². The van der Waals surface area contributed by atoms with Crippen LogP contribution in [0.2, 0.25) is 0 Å². The van der Waals surface area contributed by atoms with E-state index in [9.17, 15) is 4.79 Å². The van der Waals surface area contributed by atoms with Crippen LogP contribution in [0.25, 0.3) is 0 Å². The van der Waals surface area contributed by atoms with Gasteiger partial charge in [0.2, 0.25) is 0 Å². The molecule has 1 saturated carbocycles. The van der Waals surface area contributed by atoms with Gasteiger partial charge in [-0.3, -0.25) is 4.79 Å². The smallest absolute Gasteiger partial charge is 0.146 e. The lowest BCUT2D eigenvalue weighted by Gasteiger charge is -2.52. The lowest BCUT2D eigenvalue weighted by atomic mass is 9.55. The van der Waals surface area contributed by atoms with E-state index in [2.05, 4.69) is 15.9 Å². The summed E-state index contributed by atoms with van der Waals surface area (Å²) in [6.07, 6.45) is 0. The summed E-state index contributed by atoms with van der Waals surface area (Å²) in [5.41, 5.74) is -0.299. The monoisotopic (exact) mass is 204 g/mol. The first kappa shape index (κ1) is 8.25. The fraction of sp³-hybridized carbons (Fsp3) is 0.875. The number of carbonyl (C=O) groups is 1. The molecule has 0 N–H and O–H groups in total. The average molecular weight is 205 g/mol. The molecule has 0 aliphatic heterocycles. The Bertz CT molecular complexity index is 164. The minimum absolute atomic E-state index is 0.149. The minimum atomic E-state index is -0.149. The zero-order chi connectivity index (χ0) is 8.15. The maximum Gasteiger partial charge on any atom is 0.146 e. The molecular weight excluding hydrogens is 192 g/mol. The van der Waals surface area contributed by atoms with Gasteiger partial charge in [-0.1, -0.05) is 43.6 Å². The van der Waals surface area contributed by atoms with Crippen LogP contribution in [0.5, 0.6) is 0 Å². The summed E-state index contributed by atoms with van der Waals surface area (Å²) in [6.45, 7) is 7.94. The molecule has 1 rings (SSSR count). The maximum atomic E-state index is 11.4. The third-order valence-electron chi connectivity index (χ3n) is 2.44. The average Bonchev–Trinajstić information content (AvgIpc) is 1.84. The molecule has 0 unspecified atom stereocenters. The molecule has 0 aromatic rings. The lowest BCUT2D eigenvalue weighted by molar-refractivity contribution is -0.149. The predicted molar refractivity (Wildman–Crippen MR) is 45.3 cm³/mol. The quantitative estimate of drug-likeness (QED) is 0.555. The van der Waals surface area contributed by atoms with Crippen molar-refractivity contribution in [1.82, 2.24) is 0 Å². The van der Waals surface area contributed by atoms with Gasteiger partial charge < -0.3 is 0 Å². The molecule has 0 bridgehead atoms. The topological polar surface area (TPSA) is 17.1 Å². The molecule has 1 fully saturated rings. The third-order valence-corrected chi connectivity index (χ3v) is 4.73. The first-order chi connectivity index (χ1) is 4.31. The van der Waals surface area contributed by atoms with Crippen LogP contribution in [0.4, 0.5) is 0 Å².